The van der Waals surface area contributed by atoms with Crippen molar-refractivity contribution in [3.8, 4) is 0 Å². The van der Waals surface area contributed by atoms with Gasteiger partial charge in [0.1, 0.15) is 5.69 Å². The number of aryl methyl sites for hydroxylation is 4. The first-order chi connectivity index (χ1) is 11.4. The Kier molecular flexibility index (Phi) is 4.24. The summed E-state index contributed by atoms with van der Waals surface area (Å²) in [4.78, 5) is 17.7. The zero-order valence-electron chi connectivity index (χ0n) is 14.3. The van der Waals surface area contributed by atoms with Crippen LogP contribution < -0.4 is 4.80 Å². The lowest BCUT2D eigenvalue weighted by Gasteiger charge is -2.04. The molecule has 5 nitrogen and oxygen atoms in total. The van der Waals surface area contributed by atoms with Gasteiger partial charge in [0.25, 0.3) is 5.91 Å². The highest BCUT2D eigenvalue weighted by Crippen LogP contribution is 2.22. The van der Waals surface area contributed by atoms with Gasteiger partial charge in [-0.15, -0.1) is 6.58 Å². The van der Waals surface area contributed by atoms with E-state index >= 15 is 0 Å². The van der Waals surface area contributed by atoms with Gasteiger partial charge in [0.2, 0.25) is 0 Å². The lowest BCUT2D eigenvalue weighted by atomic mass is 10.1. The van der Waals surface area contributed by atoms with Crippen molar-refractivity contribution in [1.29, 1.82) is 0 Å². The monoisotopic (exact) mass is 340 g/mol. The van der Waals surface area contributed by atoms with Gasteiger partial charge in [-0.05, 0) is 44.0 Å². The highest BCUT2D eigenvalue weighted by Gasteiger charge is 2.15. The van der Waals surface area contributed by atoms with Crippen LogP contribution in [0.4, 0.5) is 0 Å². The van der Waals surface area contributed by atoms with Gasteiger partial charge in [-0.3, -0.25) is 9.48 Å². The van der Waals surface area contributed by atoms with Crippen molar-refractivity contribution >= 4 is 27.5 Å². The van der Waals surface area contributed by atoms with Gasteiger partial charge in [-0.2, -0.15) is 10.1 Å². The highest BCUT2D eigenvalue weighted by atomic mass is 32.1. The largest absolute Gasteiger partial charge is 0.312 e. The number of carbonyl (C=O) groups is 1. The van der Waals surface area contributed by atoms with E-state index in [2.05, 4.69) is 42.7 Å². The van der Waals surface area contributed by atoms with E-state index in [1.165, 1.54) is 22.5 Å². The van der Waals surface area contributed by atoms with Gasteiger partial charge in [0.05, 0.1) is 16.4 Å². The molecule has 1 aromatic carbocycles. The number of aromatic nitrogens is 3. The minimum absolute atomic E-state index is 0.273. The van der Waals surface area contributed by atoms with Crippen LogP contribution in [0.2, 0.25) is 0 Å². The zero-order chi connectivity index (χ0) is 17.4. The number of amides is 1. The van der Waals surface area contributed by atoms with Crippen LogP contribution in [0, 0.1) is 20.8 Å². The molecule has 1 amide bonds. The minimum atomic E-state index is -0.273. The van der Waals surface area contributed by atoms with Gasteiger partial charge in [-0.25, -0.2) is 0 Å². The number of fused-ring (bicyclic) bond motifs is 1. The Labute approximate surface area is 144 Å². The van der Waals surface area contributed by atoms with Crippen LogP contribution in [-0.4, -0.2) is 20.3 Å². The molecule has 2 aromatic heterocycles. The van der Waals surface area contributed by atoms with Crippen LogP contribution in [0.1, 0.15) is 27.2 Å². The molecular weight excluding hydrogens is 320 g/mol. The smallest absolute Gasteiger partial charge is 0.298 e. The molecule has 0 saturated heterocycles. The van der Waals surface area contributed by atoms with Gasteiger partial charge < -0.3 is 4.57 Å². The summed E-state index contributed by atoms with van der Waals surface area (Å²) in [6, 6.07) is 4.29. The Bertz CT molecular complexity index is 1000. The fraction of sp³-hybridized carbons (Fsp3) is 0.278. The Morgan fingerprint density at radius 2 is 2.00 bits per heavy atom. The predicted molar refractivity (Wildman–Crippen MR) is 97.3 cm³/mol. The molecule has 0 fully saturated rings. The van der Waals surface area contributed by atoms with Gasteiger partial charge >= 0.3 is 0 Å². The maximum absolute atomic E-state index is 12.6. The Hall–Kier alpha value is -2.47. The molecule has 24 heavy (non-hydrogen) atoms. The normalized spacial score (nSPS) is 12.1. The van der Waals surface area contributed by atoms with Gasteiger partial charge in [-0.1, -0.05) is 17.4 Å². The van der Waals surface area contributed by atoms with E-state index in [0.29, 0.717) is 17.0 Å². The number of nitrogens with zero attached hydrogens (tertiary/aromatic N) is 4. The molecule has 0 spiro atoms. The van der Waals surface area contributed by atoms with Crippen LogP contribution in [0.5, 0.6) is 0 Å². The molecule has 0 radical (unpaired) electrons. The van der Waals surface area contributed by atoms with Crippen molar-refractivity contribution in [2.45, 2.75) is 27.3 Å². The first kappa shape index (κ1) is 16.4. The van der Waals surface area contributed by atoms with E-state index in [9.17, 15) is 4.79 Å². The standard InChI is InChI=1S/C18H20N4OS/c1-6-7-22-14-8-11(2)12(3)9-15(14)24-18(22)20-17(23)16-13(4)10-19-21(16)5/h6,8-10H,1,7H2,2-5H3. The first-order valence-corrected chi connectivity index (χ1v) is 8.53. The lowest BCUT2D eigenvalue weighted by molar-refractivity contribution is 0.0988. The van der Waals surface area contributed by atoms with Crippen molar-refractivity contribution in [3.05, 3.63) is 58.2 Å². The molecule has 0 aliphatic carbocycles. The zero-order valence-corrected chi connectivity index (χ0v) is 15.1. The van der Waals surface area contributed by atoms with Crippen molar-refractivity contribution in [3.63, 3.8) is 0 Å². The molecule has 0 atom stereocenters. The maximum Gasteiger partial charge on any atom is 0.298 e. The average Bonchev–Trinajstić information content (AvgIpc) is 3.01. The molecule has 3 aromatic rings. The second-order valence-electron chi connectivity index (χ2n) is 5.90. The van der Waals surface area contributed by atoms with Crippen LogP contribution in [0.15, 0.2) is 36.0 Å². The Balaban J connectivity index is 2.23. The number of hydrogen-bond acceptors (Lipinski definition) is 3. The molecular formula is C18H20N4OS. The van der Waals surface area contributed by atoms with E-state index in [1.54, 1.807) is 17.9 Å². The SMILES string of the molecule is C=CCn1c(=NC(=O)c2c(C)cnn2C)sc2cc(C)c(C)cc21. The van der Waals surface area contributed by atoms with Crippen LogP contribution in [-0.2, 0) is 13.6 Å². The molecule has 3 rings (SSSR count). The van der Waals surface area contributed by atoms with Crippen molar-refractivity contribution in [2.24, 2.45) is 12.0 Å². The molecule has 2 heterocycles. The third-order valence-corrected chi connectivity index (χ3v) is 5.17. The summed E-state index contributed by atoms with van der Waals surface area (Å²) in [7, 11) is 1.76. The number of rotatable bonds is 3. The molecule has 0 aliphatic heterocycles. The molecule has 0 bridgehead atoms. The molecule has 6 heteroatoms. The lowest BCUT2D eigenvalue weighted by Crippen LogP contribution is -2.17. The number of carbonyl (C=O) groups excluding carboxylic acids is 1. The highest BCUT2D eigenvalue weighted by molar-refractivity contribution is 7.16. The molecule has 0 unspecified atom stereocenters. The quantitative estimate of drug-likeness (QED) is 0.687. The van der Waals surface area contributed by atoms with Crippen molar-refractivity contribution in [1.82, 2.24) is 14.3 Å². The average molecular weight is 340 g/mol. The Morgan fingerprint density at radius 1 is 1.29 bits per heavy atom. The first-order valence-electron chi connectivity index (χ1n) is 7.71. The van der Waals surface area contributed by atoms with Crippen molar-refractivity contribution < 1.29 is 4.79 Å². The van der Waals surface area contributed by atoms with Gasteiger partial charge in [0, 0.05) is 19.2 Å². The topological polar surface area (TPSA) is 52.2 Å². The van der Waals surface area contributed by atoms with Crippen LogP contribution in [0.3, 0.4) is 0 Å². The fourth-order valence-corrected chi connectivity index (χ4v) is 3.82. The minimum Gasteiger partial charge on any atom is -0.312 e. The summed E-state index contributed by atoms with van der Waals surface area (Å²) in [5.74, 6) is -0.273. The van der Waals surface area contributed by atoms with Crippen LogP contribution in [0.25, 0.3) is 10.2 Å². The van der Waals surface area contributed by atoms with Gasteiger partial charge in [0.15, 0.2) is 4.80 Å². The van der Waals surface area contributed by atoms with E-state index in [1.807, 2.05) is 17.6 Å². The van der Waals surface area contributed by atoms with E-state index < -0.39 is 0 Å². The van der Waals surface area contributed by atoms with Crippen LogP contribution >= 0.6 is 11.3 Å². The third-order valence-electron chi connectivity index (χ3n) is 4.13. The van der Waals surface area contributed by atoms with E-state index in [0.717, 1.165) is 15.8 Å². The van der Waals surface area contributed by atoms with Crippen molar-refractivity contribution in [2.75, 3.05) is 0 Å². The number of benzene rings is 1. The number of allylic oxidation sites excluding steroid dienone is 1. The summed E-state index contributed by atoms with van der Waals surface area (Å²) < 4.78 is 4.72. The maximum atomic E-state index is 12.6. The summed E-state index contributed by atoms with van der Waals surface area (Å²) in [5, 5.41) is 4.12. The predicted octanol–water partition coefficient (Wildman–Crippen LogP) is 3.29. The summed E-state index contributed by atoms with van der Waals surface area (Å²) in [6.07, 6.45) is 3.50. The Morgan fingerprint density at radius 3 is 2.62 bits per heavy atom. The molecule has 0 saturated carbocycles. The molecule has 124 valence electrons. The number of hydrogen-bond donors (Lipinski definition) is 0. The summed E-state index contributed by atoms with van der Waals surface area (Å²) >= 11 is 1.52. The third kappa shape index (κ3) is 2.73. The van der Waals surface area contributed by atoms with E-state index in [4.69, 9.17) is 0 Å². The summed E-state index contributed by atoms with van der Waals surface area (Å²) in [5.41, 5.74) is 4.88. The number of thiazole rings is 1. The summed E-state index contributed by atoms with van der Waals surface area (Å²) in [6.45, 7) is 10.5. The second-order valence-corrected chi connectivity index (χ2v) is 6.91. The second kappa shape index (κ2) is 6.20. The molecule has 0 aliphatic rings. The van der Waals surface area contributed by atoms with E-state index in [-0.39, 0.29) is 5.91 Å². The molecule has 0 N–H and O–H groups in total. The fourth-order valence-electron chi connectivity index (χ4n) is 2.71.